The first kappa shape index (κ1) is 15.7. The number of H-pyrrole nitrogens is 1. The summed E-state index contributed by atoms with van der Waals surface area (Å²) in [5, 5.41) is 16.3. The molecule has 0 aliphatic rings. The number of nitriles is 1. The van der Waals surface area contributed by atoms with Crippen LogP contribution in [0.25, 0.3) is 17.3 Å². The second-order valence-electron chi connectivity index (χ2n) is 6.32. The van der Waals surface area contributed by atoms with E-state index in [-0.39, 0.29) is 11.4 Å². The van der Waals surface area contributed by atoms with Crippen molar-refractivity contribution >= 4 is 11.9 Å². The summed E-state index contributed by atoms with van der Waals surface area (Å²) >= 11 is 0. The molecule has 22 heavy (non-hydrogen) atoms. The molecular weight excluding hydrogens is 274 g/mol. The largest absolute Gasteiger partial charge is 0.293 e. The Bertz CT molecular complexity index is 753. The molecule has 0 atom stereocenters. The zero-order valence-electron chi connectivity index (χ0n) is 13.3. The summed E-state index contributed by atoms with van der Waals surface area (Å²) in [6, 6.07) is 9.99. The zero-order chi connectivity index (χ0) is 16.3. The fourth-order valence-electron chi connectivity index (χ4n) is 2.06. The van der Waals surface area contributed by atoms with E-state index in [4.69, 9.17) is 0 Å². The minimum absolute atomic E-state index is 0.141. The van der Waals surface area contributed by atoms with E-state index in [1.807, 2.05) is 37.3 Å². The Morgan fingerprint density at radius 2 is 1.91 bits per heavy atom. The van der Waals surface area contributed by atoms with Gasteiger partial charge in [-0.25, -0.2) is 0 Å². The number of hydrogen-bond donors (Lipinski definition) is 1. The molecule has 0 bridgehead atoms. The van der Waals surface area contributed by atoms with Gasteiger partial charge in [0.25, 0.3) is 0 Å². The van der Waals surface area contributed by atoms with Gasteiger partial charge in [0.2, 0.25) is 0 Å². The maximum atomic E-state index is 12.3. The minimum Gasteiger partial charge on any atom is -0.293 e. The van der Waals surface area contributed by atoms with Gasteiger partial charge in [0.15, 0.2) is 5.78 Å². The fourth-order valence-corrected chi connectivity index (χ4v) is 2.06. The van der Waals surface area contributed by atoms with Gasteiger partial charge in [-0.3, -0.25) is 9.89 Å². The highest BCUT2D eigenvalue weighted by Gasteiger charge is 2.25. The van der Waals surface area contributed by atoms with Crippen LogP contribution < -0.4 is 0 Å². The number of ketones is 1. The van der Waals surface area contributed by atoms with Crippen LogP contribution in [-0.2, 0) is 4.79 Å². The molecule has 0 saturated carbocycles. The van der Waals surface area contributed by atoms with Crippen LogP contribution in [0.15, 0.2) is 36.0 Å². The number of Topliss-reactive ketones (excluding diaryl/α,β-unsaturated/α-hetero) is 1. The lowest BCUT2D eigenvalue weighted by molar-refractivity contribution is -0.121. The van der Waals surface area contributed by atoms with Crippen molar-refractivity contribution in [2.24, 2.45) is 5.41 Å². The molecule has 1 N–H and O–H groups in total. The van der Waals surface area contributed by atoms with Crippen molar-refractivity contribution < 1.29 is 4.79 Å². The lowest BCUT2D eigenvalue weighted by atomic mass is 9.86. The van der Waals surface area contributed by atoms with E-state index in [2.05, 4.69) is 10.2 Å². The van der Waals surface area contributed by atoms with Crippen LogP contribution in [0.2, 0.25) is 0 Å². The predicted octanol–water partition coefficient (Wildman–Crippen LogP) is 3.91. The molecule has 0 saturated heterocycles. The number of nitrogens with zero attached hydrogens (tertiary/aromatic N) is 2. The Labute approximate surface area is 130 Å². The van der Waals surface area contributed by atoms with Gasteiger partial charge in [-0.1, -0.05) is 50.6 Å². The summed E-state index contributed by atoms with van der Waals surface area (Å²) in [4.78, 5) is 12.3. The molecule has 1 heterocycles. The summed E-state index contributed by atoms with van der Waals surface area (Å²) in [7, 11) is 0. The maximum absolute atomic E-state index is 12.3. The standard InChI is InChI=1S/C18H19N3O/c1-12-5-7-13(8-6-12)16-15(11-20-21-16)9-14(10-19)17(22)18(2,3)4/h5-9,11H,1-4H3,(H,20,21)/b14-9-. The van der Waals surface area contributed by atoms with Crippen molar-refractivity contribution in [1.29, 1.82) is 5.26 Å². The molecule has 4 heteroatoms. The lowest BCUT2D eigenvalue weighted by Crippen LogP contribution is -2.21. The van der Waals surface area contributed by atoms with Gasteiger partial charge < -0.3 is 0 Å². The van der Waals surface area contributed by atoms with Gasteiger partial charge in [0.05, 0.1) is 17.5 Å². The van der Waals surface area contributed by atoms with Crippen LogP contribution in [0, 0.1) is 23.7 Å². The Hall–Kier alpha value is -2.67. The first-order valence-electron chi connectivity index (χ1n) is 7.10. The highest BCUT2D eigenvalue weighted by molar-refractivity contribution is 6.06. The minimum atomic E-state index is -0.588. The number of carbonyl (C=O) groups is 1. The number of rotatable bonds is 3. The lowest BCUT2D eigenvalue weighted by Gasteiger charge is -2.15. The summed E-state index contributed by atoms with van der Waals surface area (Å²) in [6.07, 6.45) is 3.23. The smallest absolute Gasteiger partial charge is 0.178 e. The van der Waals surface area contributed by atoms with Gasteiger partial charge in [-0.05, 0) is 13.0 Å². The maximum Gasteiger partial charge on any atom is 0.178 e. The average molecular weight is 293 g/mol. The number of aryl methyl sites for hydroxylation is 1. The van der Waals surface area contributed by atoms with Gasteiger partial charge in [0, 0.05) is 16.5 Å². The molecule has 1 aromatic heterocycles. The normalized spacial score (nSPS) is 12.0. The van der Waals surface area contributed by atoms with E-state index >= 15 is 0 Å². The Morgan fingerprint density at radius 1 is 1.27 bits per heavy atom. The molecular formula is C18H19N3O. The van der Waals surface area contributed by atoms with Crippen LogP contribution in [0.4, 0.5) is 0 Å². The molecule has 112 valence electrons. The van der Waals surface area contributed by atoms with E-state index in [0.717, 1.165) is 16.8 Å². The topological polar surface area (TPSA) is 69.5 Å². The number of hydrogen-bond acceptors (Lipinski definition) is 3. The van der Waals surface area contributed by atoms with Crippen LogP contribution in [0.1, 0.15) is 31.9 Å². The van der Waals surface area contributed by atoms with E-state index in [1.54, 1.807) is 33.0 Å². The summed E-state index contributed by atoms with van der Waals surface area (Å²) in [5.74, 6) is -0.175. The van der Waals surface area contributed by atoms with E-state index in [0.29, 0.717) is 0 Å². The molecule has 0 spiro atoms. The summed E-state index contributed by atoms with van der Waals surface area (Å²) in [6.45, 7) is 7.43. The highest BCUT2D eigenvalue weighted by atomic mass is 16.1. The van der Waals surface area contributed by atoms with Crippen molar-refractivity contribution in [3.63, 3.8) is 0 Å². The number of allylic oxidation sites excluding steroid dienone is 1. The highest BCUT2D eigenvalue weighted by Crippen LogP contribution is 2.26. The Kier molecular flexibility index (Phi) is 4.27. The predicted molar refractivity (Wildman–Crippen MR) is 86.8 cm³/mol. The molecule has 1 aromatic carbocycles. The summed E-state index contributed by atoms with van der Waals surface area (Å²) in [5.41, 5.74) is 3.22. The number of aromatic amines is 1. The van der Waals surface area contributed by atoms with Crippen molar-refractivity contribution in [2.45, 2.75) is 27.7 Å². The molecule has 0 fully saturated rings. The second-order valence-corrected chi connectivity index (χ2v) is 6.32. The van der Waals surface area contributed by atoms with Gasteiger partial charge in [-0.2, -0.15) is 10.4 Å². The third kappa shape index (κ3) is 3.32. The number of nitrogens with one attached hydrogen (secondary N) is 1. The quantitative estimate of drug-likeness (QED) is 0.689. The molecule has 2 aromatic rings. The van der Waals surface area contributed by atoms with Gasteiger partial charge in [0.1, 0.15) is 6.07 Å². The zero-order valence-corrected chi connectivity index (χ0v) is 13.3. The molecule has 0 unspecified atom stereocenters. The van der Waals surface area contributed by atoms with Gasteiger partial charge >= 0.3 is 0 Å². The molecule has 0 aliphatic heterocycles. The molecule has 0 aliphatic carbocycles. The summed E-state index contributed by atoms with van der Waals surface area (Å²) < 4.78 is 0. The Balaban J connectivity index is 2.45. The number of aromatic nitrogens is 2. The first-order chi connectivity index (χ1) is 10.3. The Morgan fingerprint density at radius 3 is 2.45 bits per heavy atom. The first-order valence-corrected chi connectivity index (χ1v) is 7.10. The SMILES string of the molecule is Cc1ccc(-c2[nH]ncc2/C=C(/C#N)C(=O)C(C)(C)C)cc1. The van der Waals surface area contributed by atoms with Crippen LogP contribution >= 0.6 is 0 Å². The van der Waals surface area contributed by atoms with Gasteiger partial charge in [-0.15, -0.1) is 0 Å². The van der Waals surface area contributed by atoms with E-state index in [9.17, 15) is 10.1 Å². The van der Waals surface area contributed by atoms with Crippen LogP contribution in [-0.4, -0.2) is 16.0 Å². The molecule has 0 amide bonds. The number of benzene rings is 1. The van der Waals surface area contributed by atoms with Crippen molar-refractivity contribution in [2.75, 3.05) is 0 Å². The molecule has 4 nitrogen and oxygen atoms in total. The van der Waals surface area contributed by atoms with E-state index in [1.165, 1.54) is 5.56 Å². The van der Waals surface area contributed by atoms with Crippen LogP contribution in [0.5, 0.6) is 0 Å². The van der Waals surface area contributed by atoms with Crippen molar-refractivity contribution in [1.82, 2.24) is 10.2 Å². The van der Waals surface area contributed by atoms with E-state index < -0.39 is 5.41 Å². The second kappa shape index (κ2) is 5.98. The van der Waals surface area contributed by atoms with Crippen molar-refractivity contribution in [3.8, 4) is 17.3 Å². The molecule has 0 radical (unpaired) electrons. The monoisotopic (exact) mass is 293 g/mol. The number of carbonyl (C=O) groups excluding carboxylic acids is 1. The third-order valence-corrected chi connectivity index (χ3v) is 3.36. The van der Waals surface area contributed by atoms with Crippen LogP contribution in [0.3, 0.4) is 0 Å². The van der Waals surface area contributed by atoms with Crippen molar-refractivity contribution in [3.05, 3.63) is 47.2 Å². The average Bonchev–Trinajstić information content (AvgIpc) is 2.92. The third-order valence-electron chi connectivity index (χ3n) is 3.36. The molecule has 2 rings (SSSR count). The fraction of sp³-hybridized carbons (Fsp3) is 0.278.